The molecule has 1 saturated carbocycles. The van der Waals surface area contributed by atoms with Gasteiger partial charge in [-0.25, -0.2) is 13.1 Å². The lowest BCUT2D eigenvalue weighted by Gasteiger charge is -2.28. The third-order valence-electron chi connectivity index (χ3n) is 4.32. The Labute approximate surface area is 150 Å². The van der Waals surface area contributed by atoms with Crippen molar-refractivity contribution in [3.63, 3.8) is 0 Å². The fourth-order valence-electron chi connectivity index (χ4n) is 2.85. The molecule has 0 bridgehead atoms. The van der Waals surface area contributed by atoms with Gasteiger partial charge in [0.2, 0.25) is 10.0 Å². The smallest absolute Gasteiger partial charge is 0.242 e. The largest absolute Gasteiger partial charge is 0.357 e. The Balaban J connectivity index is 1.82. The van der Waals surface area contributed by atoms with Gasteiger partial charge < -0.3 is 10.6 Å². The zero-order chi connectivity index (χ0) is 18.1. The standard InChI is InChI=1S/C17H29N5O2S/c1-3-19-17(22-15-8-6-14(2)7-9-15)20-11-12-21-25(23,24)16-5-4-10-18-13-16/h4-5,10,13-15,21H,3,6-9,11-12H2,1-2H3,(H2,19,20,22). The van der Waals surface area contributed by atoms with Crippen molar-refractivity contribution in [2.24, 2.45) is 10.9 Å². The summed E-state index contributed by atoms with van der Waals surface area (Å²) in [6.07, 6.45) is 7.66. The van der Waals surface area contributed by atoms with E-state index in [-0.39, 0.29) is 11.4 Å². The second kappa shape index (κ2) is 9.72. The van der Waals surface area contributed by atoms with Gasteiger partial charge in [-0.15, -0.1) is 0 Å². The highest BCUT2D eigenvalue weighted by atomic mass is 32.2. The van der Waals surface area contributed by atoms with Crippen molar-refractivity contribution in [2.45, 2.75) is 50.5 Å². The molecule has 0 saturated heterocycles. The van der Waals surface area contributed by atoms with Crippen LogP contribution in [0.1, 0.15) is 39.5 Å². The molecular weight excluding hydrogens is 338 g/mol. The van der Waals surface area contributed by atoms with Crippen LogP contribution in [0.5, 0.6) is 0 Å². The quantitative estimate of drug-likeness (QED) is 0.386. The van der Waals surface area contributed by atoms with Crippen LogP contribution in [-0.2, 0) is 10.0 Å². The van der Waals surface area contributed by atoms with Crippen LogP contribution in [0.4, 0.5) is 0 Å². The fourth-order valence-corrected chi connectivity index (χ4v) is 3.84. The molecule has 1 aliphatic rings. The summed E-state index contributed by atoms with van der Waals surface area (Å²) in [5, 5.41) is 6.68. The maximum Gasteiger partial charge on any atom is 0.242 e. The number of aromatic nitrogens is 1. The van der Waals surface area contributed by atoms with Crippen LogP contribution in [0.3, 0.4) is 0 Å². The van der Waals surface area contributed by atoms with Crippen molar-refractivity contribution in [3.05, 3.63) is 24.5 Å². The van der Waals surface area contributed by atoms with Crippen LogP contribution < -0.4 is 15.4 Å². The average molecular weight is 368 g/mol. The molecule has 2 rings (SSSR count). The topological polar surface area (TPSA) is 95.5 Å². The SMILES string of the molecule is CCNC(=NCCNS(=O)(=O)c1cccnc1)NC1CCC(C)CC1. The van der Waals surface area contributed by atoms with E-state index in [9.17, 15) is 8.42 Å². The molecule has 3 N–H and O–H groups in total. The maximum absolute atomic E-state index is 12.1. The second-order valence-corrected chi connectivity index (χ2v) is 8.22. The molecule has 0 spiro atoms. The molecule has 1 aliphatic carbocycles. The number of nitrogens with one attached hydrogen (secondary N) is 3. The van der Waals surface area contributed by atoms with E-state index in [0.717, 1.165) is 31.3 Å². The van der Waals surface area contributed by atoms with Crippen LogP contribution in [-0.4, -0.2) is 45.0 Å². The van der Waals surface area contributed by atoms with Crippen LogP contribution in [0.15, 0.2) is 34.4 Å². The monoisotopic (exact) mass is 367 g/mol. The van der Waals surface area contributed by atoms with Crippen molar-refractivity contribution in [1.29, 1.82) is 0 Å². The zero-order valence-electron chi connectivity index (χ0n) is 15.0. The molecule has 1 heterocycles. The molecule has 25 heavy (non-hydrogen) atoms. The molecule has 0 aliphatic heterocycles. The Bertz CT molecular complexity index is 640. The first-order valence-electron chi connectivity index (χ1n) is 8.96. The highest BCUT2D eigenvalue weighted by molar-refractivity contribution is 7.89. The van der Waals surface area contributed by atoms with Gasteiger partial charge in [-0.2, -0.15) is 0 Å². The number of nitrogens with zero attached hydrogens (tertiary/aromatic N) is 2. The third kappa shape index (κ3) is 6.62. The van der Waals surface area contributed by atoms with Crippen LogP contribution in [0.2, 0.25) is 0 Å². The van der Waals surface area contributed by atoms with Gasteiger partial charge in [0.05, 0.1) is 6.54 Å². The predicted molar refractivity (Wildman–Crippen MR) is 100.0 cm³/mol. The number of hydrogen-bond donors (Lipinski definition) is 3. The lowest BCUT2D eigenvalue weighted by atomic mass is 9.87. The number of sulfonamides is 1. The lowest BCUT2D eigenvalue weighted by Crippen LogP contribution is -2.45. The predicted octanol–water partition coefficient (Wildman–Crippen LogP) is 1.49. The summed E-state index contributed by atoms with van der Waals surface area (Å²) >= 11 is 0. The Kier molecular flexibility index (Phi) is 7.64. The summed E-state index contributed by atoms with van der Waals surface area (Å²) in [6, 6.07) is 3.57. The van der Waals surface area contributed by atoms with Gasteiger partial charge in [-0.1, -0.05) is 6.92 Å². The van der Waals surface area contributed by atoms with Crippen molar-refractivity contribution >= 4 is 16.0 Å². The van der Waals surface area contributed by atoms with Crippen LogP contribution >= 0.6 is 0 Å². The van der Waals surface area contributed by atoms with Crippen molar-refractivity contribution < 1.29 is 8.42 Å². The van der Waals surface area contributed by atoms with Gasteiger partial charge in [0, 0.05) is 31.5 Å². The second-order valence-electron chi connectivity index (χ2n) is 6.45. The molecule has 0 radical (unpaired) electrons. The normalized spacial score (nSPS) is 21.8. The van der Waals surface area contributed by atoms with E-state index < -0.39 is 10.0 Å². The molecule has 0 aromatic carbocycles. The number of guanidine groups is 1. The van der Waals surface area contributed by atoms with Crippen molar-refractivity contribution in [3.8, 4) is 0 Å². The molecular formula is C17H29N5O2S. The molecule has 0 unspecified atom stereocenters. The van der Waals surface area contributed by atoms with Gasteiger partial charge in [0.1, 0.15) is 4.90 Å². The van der Waals surface area contributed by atoms with Gasteiger partial charge in [0.25, 0.3) is 0 Å². The van der Waals surface area contributed by atoms with Gasteiger partial charge in [-0.3, -0.25) is 9.98 Å². The molecule has 8 heteroatoms. The Morgan fingerprint density at radius 2 is 2.08 bits per heavy atom. The van der Waals surface area contributed by atoms with Gasteiger partial charge >= 0.3 is 0 Å². The lowest BCUT2D eigenvalue weighted by molar-refractivity contribution is 0.329. The number of pyridine rings is 1. The number of aliphatic imine (C=N–C) groups is 1. The summed E-state index contributed by atoms with van der Waals surface area (Å²) < 4.78 is 26.8. The molecule has 140 valence electrons. The molecule has 0 amide bonds. The minimum atomic E-state index is -3.53. The third-order valence-corrected chi connectivity index (χ3v) is 5.77. The number of rotatable bonds is 7. The highest BCUT2D eigenvalue weighted by Gasteiger charge is 2.19. The van der Waals surface area contributed by atoms with E-state index in [1.54, 1.807) is 12.3 Å². The fraction of sp³-hybridized carbons (Fsp3) is 0.647. The summed E-state index contributed by atoms with van der Waals surface area (Å²) in [6.45, 7) is 5.71. The molecule has 1 aromatic rings. The van der Waals surface area contributed by atoms with Crippen molar-refractivity contribution in [2.75, 3.05) is 19.6 Å². The Morgan fingerprint density at radius 1 is 1.32 bits per heavy atom. The Hall–Kier alpha value is -1.67. The van der Waals surface area contributed by atoms with E-state index in [2.05, 4.69) is 32.3 Å². The van der Waals surface area contributed by atoms with Crippen molar-refractivity contribution in [1.82, 2.24) is 20.3 Å². The first-order valence-corrected chi connectivity index (χ1v) is 10.4. The molecule has 1 fully saturated rings. The summed E-state index contributed by atoms with van der Waals surface area (Å²) in [4.78, 5) is 8.48. The van der Waals surface area contributed by atoms with E-state index in [4.69, 9.17) is 0 Å². The summed E-state index contributed by atoms with van der Waals surface area (Å²) in [5.74, 6) is 1.56. The first-order chi connectivity index (χ1) is 12.0. The van der Waals surface area contributed by atoms with Gasteiger partial charge in [-0.05, 0) is 50.7 Å². The number of hydrogen-bond acceptors (Lipinski definition) is 4. The average Bonchev–Trinajstić information content (AvgIpc) is 2.61. The van der Waals surface area contributed by atoms with Gasteiger partial charge in [0.15, 0.2) is 5.96 Å². The van der Waals surface area contributed by atoms with E-state index in [1.807, 2.05) is 6.92 Å². The summed E-state index contributed by atoms with van der Waals surface area (Å²) in [7, 11) is -3.53. The minimum absolute atomic E-state index is 0.167. The Morgan fingerprint density at radius 3 is 2.72 bits per heavy atom. The molecule has 1 aromatic heterocycles. The zero-order valence-corrected chi connectivity index (χ0v) is 15.8. The summed E-state index contributed by atoms with van der Waals surface area (Å²) in [5.41, 5.74) is 0. The first kappa shape index (κ1) is 19.7. The maximum atomic E-state index is 12.1. The van der Waals surface area contributed by atoms with Crippen LogP contribution in [0.25, 0.3) is 0 Å². The highest BCUT2D eigenvalue weighted by Crippen LogP contribution is 2.23. The van der Waals surface area contributed by atoms with E-state index in [1.165, 1.54) is 25.1 Å². The van der Waals surface area contributed by atoms with E-state index >= 15 is 0 Å². The van der Waals surface area contributed by atoms with E-state index in [0.29, 0.717) is 12.6 Å². The molecule has 0 atom stereocenters. The minimum Gasteiger partial charge on any atom is -0.357 e. The van der Waals surface area contributed by atoms with Crippen LogP contribution in [0, 0.1) is 5.92 Å². The molecule has 7 nitrogen and oxygen atoms in total.